The van der Waals surface area contributed by atoms with Crippen LogP contribution < -0.4 is 0 Å². The summed E-state index contributed by atoms with van der Waals surface area (Å²) in [7, 11) is 0. The van der Waals surface area contributed by atoms with E-state index in [1.165, 1.54) is 38.2 Å². The van der Waals surface area contributed by atoms with E-state index in [0.29, 0.717) is 5.56 Å². The number of alkyl halides is 3. The van der Waals surface area contributed by atoms with Crippen molar-refractivity contribution in [1.82, 2.24) is 9.78 Å². The molecule has 1 aromatic heterocycles. The highest BCUT2D eigenvalue weighted by molar-refractivity contribution is 5.88. The Hall–Kier alpha value is -3.54. The van der Waals surface area contributed by atoms with Crippen LogP contribution in [0, 0.1) is 18.3 Å². The number of ketones is 1. The van der Waals surface area contributed by atoms with Gasteiger partial charge in [0.05, 0.1) is 17.7 Å². The van der Waals surface area contributed by atoms with Crippen LogP contribution in [0.25, 0.3) is 16.0 Å². The van der Waals surface area contributed by atoms with Crippen molar-refractivity contribution in [2.45, 2.75) is 32.0 Å². The van der Waals surface area contributed by atoms with Gasteiger partial charge in [0.1, 0.15) is 11.4 Å². The Balaban J connectivity index is 1.90. The second-order valence-electron chi connectivity index (χ2n) is 7.41. The summed E-state index contributed by atoms with van der Waals surface area (Å²) in [5.74, 6) is -1.87. The molecule has 0 aliphatic rings. The number of Topliss-reactive ketones (excluding diaryl/α,β-unsaturated/α-hetero) is 1. The van der Waals surface area contributed by atoms with Gasteiger partial charge in [0.25, 0.3) is 0 Å². The van der Waals surface area contributed by atoms with Gasteiger partial charge in [0, 0.05) is 12.6 Å². The molecule has 0 amide bonds. The third kappa shape index (κ3) is 4.48. The first-order valence-corrected chi connectivity index (χ1v) is 9.06. The zero-order valence-electron chi connectivity index (χ0n) is 16.5. The molecule has 9 heteroatoms. The number of nitrogens with zero attached hydrogens (tertiary/aromatic N) is 3. The summed E-state index contributed by atoms with van der Waals surface area (Å²) in [6.45, 7) is 9.82. The first-order chi connectivity index (χ1) is 14.4. The van der Waals surface area contributed by atoms with Crippen LogP contribution in [-0.4, -0.2) is 15.6 Å². The van der Waals surface area contributed by atoms with Crippen molar-refractivity contribution in [3.05, 3.63) is 83.0 Å². The molecule has 31 heavy (non-hydrogen) atoms. The summed E-state index contributed by atoms with van der Waals surface area (Å²) in [6.07, 6.45) is -3.81. The minimum atomic E-state index is -4.73. The van der Waals surface area contributed by atoms with Crippen molar-refractivity contribution < 1.29 is 26.7 Å². The van der Waals surface area contributed by atoms with E-state index in [0.717, 1.165) is 28.9 Å². The molecule has 0 atom stereocenters. The Bertz CT molecular complexity index is 1170. The summed E-state index contributed by atoms with van der Waals surface area (Å²) < 4.78 is 68.1. The highest BCUT2D eigenvalue weighted by atomic mass is 19.4. The van der Waals surface area contributed by atoms with Crippen molar-refractivity contribution >= 4 is 11.5 Å². The van der Waals surface area contributed by atoms with E-state index in [2.05, 4.69) is 9.94 Å². The number of hydrogen-bond acceptors (Lipinski definition) is 2. The molecule has 0 N–H and O–H groups in total. The van der Waals surface area contributed by atoms with E-state index >= 15 is 0 Å². The lowest BCUT2D eigenvalue weighted by Gasteiger charge is -2.24. The molecule has 1 heterocycles. The van der Waals surface area contributed by atoms with Crippen LogP contribution >= 0.6 is 0 Å². The van der Waals surface area contributed by atoms with Gasteiger partial charge in [0.15, 0.2) is 11.5 Å². The van der Waals surface area contributed by atoms with Crippen molar-refractivity contribution in [3.63, 3.8) is 0 Å². The topological polar surface area (TPSA) is 39.2 Å². The van der Waals surface area contributed by atoms with E-state index < -0.39 is 40.5 Å². The summed E-state index contributed by atoms with van der Waals surface area (Å²) in [4.78, 5) is 15.7. The van der Waals surface area contributed by atoms with E-state index in [1.54, 1.807) is 0 Å². The normalized spacial score (nSPS) is 11.9. The second kappa shape index (κ2) is 7.95. The van der Waals surface area contributed by atoms with Crippen LogP contribution in [0.1, 0.15) is 25.0 Å². The van der Waals surface area contributed by atoms with Gasteiger partial charge in [-0.15, -0.1) is 5.10 Å². The highest BCUT2D eigenvalue weighted by Gasteiger charge is 2.35. The Morgan fingerprint density at radius 3 is 2.32 bits per heavy atom. The molecule has 0 spiro atoms. The van der Waals surface area contributed by atoms with Gasteiger partial charge < -0.3 is 0 Å². The van der Waals surface area contributed by atoms with Gasteiger partial charge in [-0.05, 0) is 37.1 Å². The van der Waals surface area contributed by atoms with Crippen LogP contribution in [0.2, 0.25) is 0 Å². The molecule has 0 bridgehead atoms. The minimum absolute atomic E-state index is 0.0571. The Morgan fingerprint density at radius 1 is 1.10 bits per heavy atom. The molecule has 0 radical (unpaired) electrons. The van der Waals surface area contributed by atoms with Crippen LogP contribution in [0.15, 0.2) is 48.7 Å². The fourth-order valence-electron chi connectivity index (χ4n) is 3.01. The van der Waals surface area contributed by atoms with Gasteiger partial charge >= 0.3 is 6.18 Å². The molecular weight excluding hydrogens is 417 g/mol. The van der Waals surface area contributed by atoms with Gasteiger partial charge in [-0.25, -0.2) is 9.24 Å². The zero-order chi connectivity index (χ0) is 23.0. The molecule has 2 aromatic carbocycles. The average Bonchev–Trinajstić information content (AvgIpc) is 3.10. The van der Waals surface area contributed by atoms with E-state index in [-0.39, 0.29) is 17.5 Å². The molecule has 0 fully saturated rings. The van der Waals surface area contributed by atoms with Gasteiger partial charge in [-0.3, -0.25) is 9.48 Å². The first kappa shape index (κ1) is 22.2. The quantitative estimate of drug-likeness (QED) is 0.369. The summed E-state index contributed by atoms with van der Waals surface area (Å²) in [6, 6.07) is 8.13. The largest absolute Gasteiger partial charge is 0.407 e. The summed E-state index contributed by atoms with van der Waals surface area (Å²) in [5, 5.41) is 3.74. The molecule has 0 saturated carbocycles. The molecule has 0 aliphatic carbocycles. The third-order valence-corrected chi connectivity index (χ3v) is 4.93. The predicted molar refractivity (Wildman–Crippen MR) is 103 cm³/mol. The summed E-state index contributed by atoms with van der Waals surface area (Å²) in [5.41, 5.74) is -2.56. The maximum Gasteiger partial charge on any atom is 0.407 e. The molecular formula is C22H16F5N3O. The minimum Gasteiger partial charge on any atom is -0.297 e. The number of hydrogen-bond donors (Lipinski definition) is 0. The predicted octanol–water partition coefficient (Wildman–Crippen LogP) is 5.94. The molecule has 0 aliphatic heterocycles. The van der Waals surface area contributed by atoms with Crippen LogP contribution in [0.5, 0.6) is 0 Å². The monoisotopic (exact) mass is 433 g/mol. The molecule has 3 rings (SSSR count). The Morgan fingerprint density at radius 2 is 1.74 bits per heavy atom. The van der Waals surface area contributed by atoms with Crippen molar-refractivity contribution in [1.29, 1.82) is 0 Å². The van der Waals surface area contributed by atoms with Crippen molar-refractivity contribution in [2.75, 3.05) is 0 Å². The number of aromatic nitrogens is 2. The van der Waals surface area contributed by atoms with Crippen LogP contribution in [0.4, 0.5) is 27.6 Å². The molecule has 0 unspecified atom stereocenters. The third-order valence-electron chi connectivity index (χ3n) is 4.93. The summed E-state index contributed by atoms with van der Waals surface area (Å²) >= 11 is 0. The number of halogens is 5. The van der Waals surface area contributed by atoms with E-state index in [4.69, 9.17) is 6.57 Å². The zero-order valence-corrected chi connectivity index (χ0v) is 16.5. The van der Waals surface area contributed by atoms with Crippen molar-refractivity contribution in [2.24, 2.45) is 0 Å². The smallest absolute Gasteiger partial charge is 0.297 e. The number of rotatable bonds is 5. The van der Waals surface area contributed by atoms with Gasteiger partial charge in [-0.2, -0.15) is 17.6 Å². The number of benzene rings is 2. The molecule has 3 aromatic rings. The SMILES string of the molecule is [C-]#[N+]c1ccc(CC(=O)C(C)(C)n2cc(-c3ccc(F)cc3)c(F)n2)cc1C(F)(F)F. The maximum atomic E-state index is 14.4. The van der Waals surface area contributed by atoms with Crippen LogP contribution in [-0.2, 0) is 22.9 Å². The fourth-order valence-corrected chi connectivity index (χ4v) is 3.01. The molecule has 4 nitrogen and oxygen atoms in total. The van der Waals surface area contributed by atoms with Crippen LogP contribution in [0.3, 0.4) is 0 Å². The first-order valence-electron chi connectivity index (χ1n) is 9.06. The second-order valence-corrected chi connectivity index (χ2v) is 7.41. The fraction of sp³-hybridized carbons (Fsp3) is 0.227. The Kier molecular flexibility index (Phi) is 5.68. The highest BCUT2D eigenvalue weighted by Crippen LogP contribution is 2.37. The number of carbonyl (C=O) groups excluding carboxylic acids is 1. The average molecular weight is 433 g/mol. The van der Waals surface area contributed by atoms with Gasteiger partial charge in [0.2, 0.25) is 5.95 Å². The van der Waals surface area contributed by atoms with Gasteiger partial charge in [-0.1, -0.05) is 30.3 Å². The van der Waals surface area contributed by atoms with E-state index in [9.17, 15) is 26.7 Å². The number of carbonyl (C=O) groups is 1. The standard InChI is InChI=1S/C22H16F5N3O/c1-21(2,30-12-16(20(24)29-30)14-5-7-15(23)8-6-14)19(31)11-13-4-9-18(28-3)17(10-13)22(25,26)27/h4-10,12H,11H2,1-2H3. The molecule has 0 saturated heterocycles. The molecule has 160 valence electrons. The van der Waals surface area contributed by atoms with Crippen molar-refractivity contribution in [3.8, 4) is 11.1 Å². The Labute approximate surface area is 174 Å². The lowest BCUT2D eigenvalue weighted by molar-refractivity contribution is -0.137. The lowest BCUT2D eigenvalue weighted by Crippen LogP contribution is -2.37. The maximum absolute atomic E-state index is 14.4. The van der Waals surface area contributed by atoms with E-state index in [1.807, 2.05) is 0 Å². The lowest BCUT2D eigenvalue weighted by atomic mass is 9.93.